The molecule has 2 heterocycles. The Morgan fingerprint density at radius 3 is 2.92 bits per heavy atom. The number of rotatable bonds is 3. The van der Waals surface area contributed by atoms with Gasteiger partial charge in [0.2, 0.25) is 0 Å². The predicted molar refractivity (Wildman–Crippen MR) is 95.5 cm³/mol. The van der Waals surface area contributed by atoms with Gasteiger partial charge in [0.1, 0.15) is 18.1 Å². The standard InChI is InChI=1S/C18H19N3O2S/c1-11-7-12(17-20-14-5-3-4-6-15(14)24-17)16-13(8-11)18(22)21(9-19-16)10-23-2/h7-9H,3-6,10H2,1-2H3. The van der Waals surface area contributed by atoms with Crippen LogP contribution in [0.2, 0.25) is 0 Å². The molecule has 5 nitrogen and oxygen atoms in total. The zero-order valence-corrected chi connectivity index (χ0v) is 14.7. The van der Waals surface area contributed by atoms with Gasteiger partial charge in [0.15, 0.2) is 0 Å². The lowest BCUT2D eigenvalue weighted by molar-refractivity contribution is 0.128. The molecule has 0 saturated heterocycles. The van der Waals surface area contributed by atoms with Crippen molar-refractivity contribution < 1.29 is 4.74 Å². The van der Waals surface area contributed by atoms with Gasteiger partial charge in [-0.3, -0.25) is 9.36 Å². The van der Waals surface area contributed by atoms with Crippen LogP contribution in [-0.4, -0.2) is 21.6 Å². The Morgan fingerprint density at radius 1 is 1.29 bits per heavy atom. The fraction of sp³-hybridized carbons (Fsp3) is 0.389. The van der Waals surface area contributed by atoms with Gasteiger partial charge < -0.3 is 4.74 Å². The quantitative estimate of drug-likeness (QED) is 0.733. The zero-order chi connectivity index (χ0) is 16.7. The van der Waals surface area contributed by atoms with E-state index in [1.807, 2.05) is 13.0 Å². The van der Waals surface area contributed by atoms with Crippen LogP contribution in [0.1, 0.15) is 29.0 Å². The summed E-state index contributed by atoms with van der Waals surface area (Å²) >= 11 is 1.75. The van der Waals surface area contributed by atoms with Gasteiger partial charge in [-0.1, -0.05) is 0 Å². The molecule has 3 aromatic rings. The van der Waals surface area contributed by atoms with E-state index in [2.05, 4.69) is 11.1 Å². The Hall–Kier alpha value is -2.05. The van der Waals surface area contributed by atoms with Crippen molar-refractivity contribution in [1.29, 1.82) is 0 Å². The number of hydrogen-bond donors (Lipinski definition) is 0. The molecule has 1 aromatic carbocycles. The SMILES string of the molecule is COCn1cnc2c(-c3nc4c(s3)CCCC4)cc(C)cc2c1=O. The Kier molecular flexibility index (Phi) is 3.94. The molecule has 6 heteroatoms. The highest BCUT2D eigenvalue weighted by molar-refractivity contribution is 7.15. The van der Waals surface area contributed by atoms with Gasteiger partial charge in [-0.25, -0.2) is 9.97 Å². The summed E-state index contributed by atoms with van der Waals surface area (Å²) in [6.07, 6.45) is 6.18. The minimum atomic E-state index is -0.0758. The van der Waals surface area contributed by atoms with E-state index in [4.69, 9.17) is 9.72 Å². The largest absolute Gasteiger partial charge is 0.364 e. The number of nitrogens with zero attached hydrogens (tertiary/aromatic N) is 3. The number of thiazole rings is 1. The maximum absolute atomic E-state index is 12.7. The lowest BCUT2D eigenvalue weighted by atomic mass is 10.0. The van der Waals surface area contributed by atoms with Crippen LogP contribution in [0.15, 0.2) is 23.3 Å². The second kappa shape index (κ2) is 6.11. The highest BCUT2D eigenvalue weighted by Crippen LogP contribution is 2.35. The molecule has 4 rings (SSSR count). The van der Waals surface area contributed by atoms with Crippen molar-refractivity contribution in [2.75, 3.05) is 7.11 Å². The van der Waals surface area contributed by atoms with Crippen LogP contribution in [0.25, 0.3) is 21.5 Å². The van der Waals surface area contributed by atoms with Crippen molar-refractivity contribution in [2.24, 2.45) is 0 Å². The summed E-state index contributed by atoms with van der Waals surface area (Å²) in [5.41, 5.74) is 3.88. The maximum atomic E-state index is 12.7. The molecule has 1 aliphatic carbocycles. The molecule has 0 spiro atoms. The second-order valence-corrected chi connectivity index (χ2v) is 7.33. The summed E-state index contributed by atoms with van der Waals surface area (Å²) in [5.74, 6) is 0. The van der Waals surface area contributed by atoms with Crippen molar-refractivity contribution in [2.45, 2.75) is 39.3 Å². The third-order valence-corrected chi connectivity index (χ3v) is 5.61. The van der Waals surface area contributed by atoms with Gasteiger partial charge in [0.25, 0.3) is 5.56 Å². The maximum Gasteiger partial charge on any atom is 0.263 e. The molecule has 0 unspecified atom stereocenters. The van der Waals surface area contributed by atoms with Crippen LogP contribution in [0.4, 0.5) is 0 Å². The molecule has 0 N–H and O–H groups in total. The third-order valence-electron chi connectivity index (χ3n) is 4.42. The molecular formula is C18H19N3O2S. The van der Waals surface area contributed by atoms with Crippen LogP contribution in [0.5, 0.6) is 0 Å². The Morgan fingerprint density at radius 2 is 2.12 bits per heavy atom. The summed E-state index contributed by atoms with van der Waals surface area (Å²) in [4.78, 5) is 23.4. The minimum Gasteiger partial charge on any atom is -0.364 e. The summed E-state index contributed by atoms with van der Waals surface area (Å²) in [6.45, 7) is 2.21. The molecule has 24 heavy (non-hydrogen) atoms. The predicted octanol–water partition coefficient (Wildman–Crippen LogP) is 3.31. The Balaban J connectivity index is 1.93. The molecule has 124 valence electrons. The summed E-state index contributed by atoms with van der Waals surface area (Å²) in [7, 11) is 1.57. The number of fused-ring (bicyclic) bond motifs is 2. The molecule has 0 radical (unpaired) electrons. The summed E-state index contributed by atoms with van der Waals surface area (Å²) < 4.78 is 6.56. The summed E-state index contributed by atoms with van der Waals surface area (Å²) in [5, 5.41) is 1.60. The second-order valence-electron chi connectivity index (χ2n) is 6.24. The van der Waals surface area contributed by atoms with Crippen molar-refractivity contribution in [3.63, 3.8) is 0 Å². The average molecular weight is 341 g/mol. The van der Waals surface area contributed by atoms with E-state index in [0.29, 0.717) is 5.39 Å². The smallest absolute Gasteiger partial charge is 0.263 e. The van der Waals surface area contributed by atoms with E-state index in [9.17, 15) is 4.79 Å². The van der Waals surface area contributed by atoms with Gasteiger partial charge in [0, 0.05) is 17.6 Å². The average Bonchev–Trinajstić information content (AvgIpc) is 3.01. The number of methoxy groups -OCH3 is 1. The van der Waals surface area contributed by atoms with E-state index < -0.39 is 0 Å². The van der Waals surface area contributed by atoms with Crippen molar-refractivity contribution >= 4 is 22.2 Å². The normalized spacial score (nSPS) is 14.1. The molecule has 2 aromatic heterocycles. The van der Waals surface area contributed by atoms with E-state index in [0.717, 1.165) is 34.5 Å². The lowest BCUT2D eigenvalue weighted by Gasteiger charge is -2.08. The van der Waals surface area contributed by atoms with Gasteiger partial charge in [-0.15, -0.1) is 11.3 Å². The van der Waals surface area contributed by atoms with Gasteiger partial charge in [0.05, 0.1) is 16.6 Å². The molecule has 0 bridgehead atoms. The van der Waals surface area contributed by atoms with Crippen LogP contribution in [0.3, 0.4) is 0 Å². The highest BCUT2D eigenvalue weighted by Gasteiger charge is 2.19. The highest BCUT2D eigenvalue weighted by atomic mass is 32.1. The van der Waals surface area contributed by atoms with Crippen LogP contribution >= 0.6 is 11.3 Å². The summed E-state index contributed by atoms with van der Waals surface area (Å²) in [6, 6.07) is 3.98. The first-order chi connectivity index (χ1) is 11.7. The molecular weight excluding hydrogens is 322 g/mol. The zero-order valence-electron chi connectivity index (χ0n) is 13.8. The number of aromatic nitrogens is 3. The van der Waals surface area contributed by atoms with Crippen molar-refractivity contribution in [3.05, 3.63) is 44.9 Å². The lowest BCUT2D eigenvalue weighted by Crippen LogP contribution is -2.21. The first kappa shape index (κ1) is 15.5. The van der Waals surface area contributed by atoms with Crippen LogP contribution in [-0.2, 0) is 24.3 Å². The first-order valence-corrected chi connectivity index (χ1v) is 8.96. The number of ether oxygens (including phenoxy) is 1. The van der Waals surface area contributed by atoms with Gasteiger partial charge >= 0.3 is 0 Å². The fourth-order valence-corrected chi connectivity index (χ4v) is 4.44. The molecule has 0 fully saturated rings. The molecule has 0 atom stereocenters. The number of hydrogen-bond acceptors (Lipinski definition) is 5. The van der Waals surface area contributed by atoms with Crippen LogP contribution in [0, 0.1) is 6.92 Å². The van der Waals surface area contributed by atoms with E-state index in [1.54, 1.807) is 24.8 Å². The Bertz CT molecular complexity index is 951. The fourth-order valence-electron chi connectivity index (χ4n) is 3.28. The topological polar surface area (TPSA) is 57.0 Å². The van der Waals surface area contributed by atoms with E-state index >= 15 is 0 Å². The molecule has 0 aliphatic heterocycles. The molecule has 1 aliphatic rings. The van der Waals surface area contributed by atoms with Gasteiger partial charge in [-0.2, -0.15) is 0 Å². The molecule has 0 saturated carbocycles. The van der Waals surface area contributed by atoms with E-state index in [-0.39, 0.29) is 12.3 Å². The van der Waals surface area contributed by atoms with E-state index in [1.165, 1.54) is 28.0 Å². The van der Waals surface area contributed by atoms with Crippen molar-refractivity contribution in [1.82, 2.24) is 14.5 Å². The third kappa shape index (κ3) is 2.56. The van der Waals surface area contributed by atoms with Gasteiger partial charge in [-0.05, 0) is 50.3 Å². The Labute approximate surface area is 144 Å². The minimum absolute atomic E-state index is 0.0758. The monoisotopic (exact) mass is 341 g/mol. The molecule has 0 amide bonds. The van der Waals surface area contributed by atoms with Crippen molar-refractivity contribution in [3.8, 4) is 10.6 Å². The van der Waals surface area contributed by atoms with Crippen LogP contribution < -0.4 is 5.56 Å². The first-order valence-electron chi connectivity index (χ1n) is 8.15. The number of aryl methyl sites for hydroxylation is 3. The number of benzene rings is 1.